The van der Waals surface area contributed by atoms with Gasteiger partial charge in [0.2, 0.25) is 0 Å². The molecule has 86 valence electrons. The fourth-order valence-electron chi connectivity index (χ4n) is 1.36. The maximum atomic E-state index is 4.62. The highest BCUT2D eigenvalue weighted by Gasteiger charge is 2.09. The number of thiazole rings is 1. The van der Waals surface area contributed by atoms with Gasteiger partial charge in [0.15, 0.2) is 5.13 Å². The molecule has 0 saturated carbocycles. The third-order valence-corrected chi connectivity index (χ3v) is 3.61. The van der Waals surface area contributed by atoms with E-state index in [1.54, 1.807) is 11.3 Å². The molecule has 0 radical (unpaired) electrons. The standard InChI is InChI=1S/C11H19BrN2S/c1-3-5-7-14(8-6-12)11-13-10(4-2)9-15-11/h9H,3-8H2,1-2H3. The fraction of sp³-hybridized carbons (Fsp3) is 0.727. The smallest absolute Gasteiger partial charge is 0.185 e. The van der Waals surface area contributed by atoms with Crippen LogP contribution in [0.2, 0.25) is 0 Å². The Balaban J connectivity index is 2.60. The number of aromatic nitrogens is 1. The Bertz CT molecular complexity index is 275. The number of hydrogen-bond donors (Lipinski definition) is 0. The molecule has 4 heteroatoms. The van der Waals surface area contributed by atoms with Crippen molar-refractivity contribution in [3.05, 3.63) is 11.1 Å². The van der Waals surface area contributed by atoms with Gasteiger partial charge >= 0.3 is 0 Å². The van der Waals surface area contributed by atoms with Gasteiger partial charge in [0, 0.05) is 23.8 Å². The zero-order valence-corrected chi connectivity index (χ0v) is 11.9. The van der Waals surface area contributed by atoms with Crippen LogP contribution in [0.5, 0.6) is 0 Å². The molecule has 0 aromatic carbocycles. The number of unbranched alkanes of at least 4 members (excludes halogenated alkanes) is 1. The maximum absolute atomic E-state index is 4.62. The molecule has 0 aliphatic rings. The number of halogens is 1. The zero-order chi connectivity index (χ0) is 11.1. The number of nitrogens with zero attached hydrogens (tertiary/aromatic N) is 2. The first kappa shape index (κ1) is 13.0. The second-order valence-corrected chi connectivity index (χ2v) is 5.13. The molecular weight excluding hydrogens is 272 g/mol. The molecule has 0 fully saturated rings. The quantitative estimate of drug-likeness (QED) is 0.712. The Labute approximate surface area is 105 Å². The summed E-state index contributed by atoms with van der Waals surface area (Å²) in [6, 6.07) is 0. The molecule has 1 rings (SSSR count). The van der Waals surface area contributed by atoms with Crippen LogP contribution in [0.4, 0.5) is 5.13 Å². The minimum absolute atomic E-state index is 1.01. The van der Waals surface area contributed by atoms with E-state index >= 15 is 0 Å². The van der Waals surface area contributed by atoms with Crippen LogP contribution in [0.15, 0.2) is 5.38 Å². The van der Waals surface area contributed by atoms with Crippen molar-refractivity contribution in [1.29, 1.82) is 0 Å². The largest absolute Gasteiger partial charge is 0.347 e. The summed E-state index contributed by atoms with van der Waals surface area (Å²) < 4.78 is 0. The van der Waals surface area contributed by atoms with Crippen molar-refractivity contribution in [3.63, 3.8) is 0 Å². The lowest BCUT2D eigenvalue weighted by Gasteiger charge is -2.20. The van der Waals surface area contributed by atoms with Gasteiger partial charge in [-0.05, 0) is 12.8 Å². The topological polar surface area (TPSA) is 16.1 Å². The van der Waals surface area contributed by atoms with Crippen LogP contribution in [0, 0.1) is 0 Å². The van der Waals surface area contributed by atoms with Crippen molar-refractivity contribution >= 4 is 32.4 Å². The van der Waals surface area contributed by atoms with Gasteiger partial charge in [-0.25, -0.2) is 4.98 Å². The molecule has 0 aliphatic carbocycles. The molecule has 1 aromatic heterocycles. The van der Waals surface area contributed by atoms with Gasteiger partial charge in [-0.3, -0.25) is 0 Å². The number of rotatable bonds is 7. The van der Waals surface area contributed by atoms with E-state index in [9.17, 15) is 0 Å². The Morgan fingerprint density at radius 3 is 2.73 bits per heavy atom. The van der Waals surface area contributed by atoms with Crippen molar-refractivity contribution in [3.8, 4) is 0 Å². The summed E-state index contributed by atoms with van der Waals surface area (Å²) in [5.41, 5.74) is 1.21. The summed E-state index contributed by atoms with van der Waals surface area (Å²) >= 11 is 5.26. The van der Waals surface area contributed by atoms with E-state index in [1.807, 2.05) is 0 Å². The molecule has 0 bridgehead atoms. The lowest BCUT2D eigenvalue weighted by Crippen LogP contribution is -2.26. The van der Waals surface area contributed by atoms with Gasteiger partial charge in [-0.15, -0.1) is 11.3 Å². The van der Waals surface area contributed by atoms with Crippen molar-refractivity contribution in [2.24, 2.45) is 0 Å². The third kappa shape index (κ3) is 4.11. The van der Waals surface area contributed by atoms with E-state index in [0.29, 0.717) is 0 Å². The SMILES string of the molecule is CCCCN(CCBr)c1nc(CC)cs1. The summed E-state index contributed by atoms with van der Waals surface area (Å²) in [7, 11) is 0. The Morgan fingerprint density at radius 1 is 1.40 bits per heavy atom. The molecule has 2 nitrogen and oxygen atoms in total. The molecule has 0 saturated heterocycles. The average Bonchev–Trinajstić information content (AvgIpc) is 2.72. The molecule has 0 unspecified atom stereocenters. The molecule has 1 aromatic rings. The molecule has 0 spiro atoms. The molecular formula is C11H19BrN2S. The minimum Gasteiger partial charge on any atom is -0.347 e. The van der Waals surface area contributed by atoms with E-state index in [0.717, 1.165) is 24.8 Å². The van der Waals surface area contributed by atoms with E-state index in [4.69, 9.17) is 0 Å². The van der Waals surface area contributed by atoms with Crippen LogP contribution in [-0.2, 0) is 6.42 Å². The van der Waals surface area contributed by atoms with Crippen molar-refractivity contribution in [1.82, 2.24) is 4.98 Å². The maximum Gasteiger partial charge on any atom is 0.185 e. The van der Waals surface area contributed by atoms with Gasteiger partial charge in [-0.1, -0.05) is 36.2 Å². The molecule has 1 heterocycles. The van der Waals surface area contributed by atoms with Crippen LogP contribution in [0.25, 0.3) is 0 Å². The first-order chi connectivity index (χ1) is 7.31. The van der Waals surface area contributed by atoms with Crippen LogP contribution < -0.4 is 4.90 Å². The lowest BCUT2D eigenvalue weighted by atomic mass is 10.3. The van der Waals surface area contributed by atoms with Crippen molar-refractivity contribution < 1.29 is 0 Å². The predicted octanol–water partition coefficient (Wildman–Crippen LogP) is 3.71. The zero-order valence-electron chi connectivity index (χ0n) is 9.50. The van der Waals surface area contributed by atoms with E-state index in [2.05, 4.69) is 45.0 Å². The second kappa shape index (κ2) is 7.23. The lowest BCUT2D eigenvalue weighted by molar-refractivity contribution is 0.732. The highest BCUT2D eigenvalue weighted by Crippen LogP contribution is 2.21. The normalized spacial score (nSPS) is 10.6. The van der Waals surface area contributed by atoms with E-state index in [1.165, 1.54) is 23.7 Å². The summed E-state index contributed by atoms with van der Waals surface area (Å²) in [6.07, 6.45) is 3.52. The fourth-order valence-corrected chi connectivity index (χ4v) is 2.75. The Morgan fingerprint density at radius 2 is 2.20 bits per heavy atom. The van der Waals surface area contributed by atoms with E-state index in [-0.39, 0.29) is 0 Å². The highest BCUT2D eigenvalue weighted by atomic mass is 79.9. The van der Waals surface area contributed by atoms with Crippen molar-refractivity contribution in [2.45, 2.75) is 33.1 Å². The number of aryl methyl sites for hydroxylation is 1. The number of alkyl halides is 1. The average molecular weight is 291 g/mol. The second-order valence-electron chi connectivity index (χ2n) is 3.50. The van der Waals surface area contributed by atoms with Gasteiger partial charge < -0.3 is 4.90 Å². The summed E-state index contributed by atoms with van der Waals surface area (Å²) in [4.78, 5) is 7.00. The number of hydrogen-bond acceptors (Lipinski definition) is 3. The first-order valence-electron chi connectivity index (χ1n) is 5.57. The third-order valence-electron chi connectivity index (χ3n) is 2.31. The number of anilines is 1. The van der Waals surface area contributed by atoms with Crippen molar-refractivity contribution in [2.75, 3.05) is 23.3 Å². The molecule has 0 N–H and O–H groups in total. The molecule has 15 heavy (non-hydrogen) atoms. The van der Waals surface area contributed by atoms with Gasteiger partial charge in [0.05, 0.1) is 5.69 Å². The molecule has 0 atom stereocenters. The summed E-state index contributed by atoms with van der Waals surface area (Å²) in [5, 5.41) is 4.36. The van der Waals surface area contributed by atoms with Crippen LogP contribution in [-0.4, -0.2) is 23.4 Å². The van der Waals surface area contributed by atoms with Gasteiger partial charge in [0.1, 0.15) is 0 Å². The first-order valence-corrected chi connectivity index (χ1v) is 7.57. The monoisotopic (exact) mass is 290 g/mol. The van der Waals surface area contributed by atoms with Gasteiger partial charge in [-0.2, -0.15) is 0 Å². The van der Waals surface area contributed by atoms with E-state index < -0.39 is 0 Å². The molecule has 0 aliphatic heterocycles. The highest BCUT2D eigenvalue weighted by molar-refractivity contribution is 9.09. The van der Waals surface area contributed by atoms with Gasteiger partial charge in [0.25, 0.3) is 0 Å². The Kier molecular flexibility index (Phi) is 6.25. The molecule has 0 amide bonds. The van der Waals surface area contributed by atoms with Crippen LogP contribution >= 0.6 is 27.3 Å². The van der Waals surface area contributed by atoms with Crippen LogP contribution in [0.3, 0.4) is 0 Å². The Hall–Kier alpha value is -0.0900. The minimum atomic E-state index is 1.01. The summed E-state index contributed by atoms with van der Waals surface area (Å²) in [5.74, 6) is 0. The van der Waals surface area contributed by atoms with Crippen LogP contribution in [0.1, 0.15) is 32.4 Å². The summed E-state index contributed by atoms with van der Waals surface area (Å²) in [6.45, 7) is 6.56. The predicted molar refractivity (Wildman–Crippen MR) is 72.4 cm³/mol.